The Morgan fingerprint density at radius 3 is 2.42 bits per heavy atom. The minimum atomic E-state index is -4.93. The third-order valence-corrected chi connectivity index (χ3v) is 3.00. The summed E-state index contributed by atoms with van der Waals surface area (Å²) in [7, 11) is 0. The van der Waals surface area contributed by atoms with E-state index in [0.29, 0.717) is 10.9 Å². The minimum Gasteiger partial charge on any atom is -0.478 e. The van der Waals surface area contributed by atoms with E-state index in [0.717, 1.165) is 0 Å². The highest BCUT2D eigenvalue weighted by molar-refractivity contribution is 5.89. The molecule has 26 heavy (non-hydrogen) atoms. The number of amides is 1. The van der Waals surface area contributed by atoms with Crippen LogP contribution < -0.4 is 5.32 Å². The monoisotopic (exact) mass is 371 g/mol. The van der Waals surface area contributed by atoms with E-state index >= 15 is 0 Å². The van der Waals surface area contributed by atoms with Crippen molar-refractivity contribution in [2.75, 3.05) is 5.32 Å². The van der Waals surface area contributed by atoms with Crippen LogP contribution in [-0.2, 0) is 10.9 Å². The van der Waals surface area contributed by atoms with Crippen molar-refractivity contribution < 1.29 is 32.6 Å². The molecule has 1 heterocycles. The fraction of sp³-hybridized carbons (Fsp3) is 0.312. The van der Waals surface area contributed by atoms with Gasteiger partial charge in [-0.3, -0.25) is 5.32 Å². The van der Waals surface area contributed by atoms with Crippen molar-refractivity contribution in [3.8, 4) is 5.69 Å². The number of rotatable bonds is 3. The van der Waals surface area contributed by atoms with Gasteiger partial charge in [0.2, 0.25) is 0 Å². The van der Waals surface area contributed by atoms with E-state index in [2.05, 4.69) is 10.4 Å². The Bertz CT molecular complexity index is 838. The third kappa shape index (κ3) is 4.52. The Kier molecular flexibility index (Phi) is 4.97. The first-order chi connectivity index (χ1) is 11.9. The summed E-state index contributed by atoms with van der Waals surface area (Å²) in [4.78, 5) is 22.8. The lowest BCUT2D eigenvalue weighted by atomic mass is 10.2. The number of nitrogens with one attached hydrogen (secondary N) is 1. The number of aromatic nitrogens is 2. The maximum atomic E-state index is 13.3. The predicted octanol–water partition coefficient (Wildman–Crippen LogP) is 3.94. The highest BCUT2D eigenvalue weighted by Gasteiger charge is 2.40. The number of benzene rings is 1. The molecule has 0 fully saturated rings. The third-order valence-electron chi connectivity index (χ3n) is 3.00. The summed E-state index contributed by atoms with van der Waals surface area (Å²) in [5.74, 6) is -1.74. The Labute approximate surface area is 146 Å². The van der Waals surface area contributed by atoms with Crippen molar-refractivity contribution in [3.05, 3.63) is 41.7 Å². The molecule has 1 aromatic carbocycles. The molecule has 140 valence electrons. The first-order valence-electron chi connectivity index (χ1n) is 7.37. The van der Waals surface area contributed by atoms with Gasteiger partial charge in [0.15, 0.2) is 5.69 Å². The van der Waals surface area contributed by atoms with Gasteiger partial charge in [0.1, 0.15) is 11.2 Å². The highest BCUT2D eigenvalue weighted by Crippen LogP contribution is 2.34. The van der Waals surface area contributed by atoms with Crippen molar-refractivity contribution in [3.63, 3.8) is 0 Å². The molecule has 0 saturated heterocycles. The number of ether oxygens (including phenoxy) is 1. The number of carboxylic acid groups (broad SMARTS) is 1. The molecular formula is C16H16F3N3O4. The number of carbonyl (C=O) groups is 2. The summed E-state index contributed by atoms with van der Waals surface area (Å²) >= 11 is 0. The van der Waals surface area contributed by atoms with Gasteiger partial charge in [-0.15, -0.1) is 0 Å². The van der Waals surface area contributed by atoms with Gasteiger partial charge >= 0.3 is 18.2 Å². The molecule has 1 amide bonds. The van der Waals surface area contributed by atoms with E-state index in [4.69, 9.17) is 9.84 Å². The standard InChI is InChI=1S/C16H16F3N3O4/c1-15(2,3)26-14(25)21-9-5-4-6-10(7-9)22-12(16(17,18)19)11(8-20-22)13(23)24/h4-8H,1-3H3,(H,21,25)(H,23,24). The second-order valence-corrected chi connectivity index (χ2v) is 6.30. The quantitative estimate of drug-likeness (QED) is 0.853. The van der Waals surface area contributed by atoms with E-state index in [9.17, 15) is 22.8 Å². The van der Waals surface area contributed by atoms with Crippen LogP contribution in [0.3, 0.4) is 0 Å². The fourth-order valence-electron chi connectivity index (χ4n) is 2.11. The summed E-state index contributed by atoms with van der Waals surface area (Å²) in [5, 5.41) is 14.9. The first kappa shape index (κ1) is 19.3. The Morgan fingerprint density at radius 1 is 1.23 bits per heavy atom. The number of hydrogen-bond donors (Lipinski definition) is 2. The van der Waals surface area contributed by atoms with Crippen LogP contribution in [0.2, 0.25) is 0 Å². The van der Waals surface area contributed by atoms with Crippen molar-refractivity contribution >= 4 is 17.7 Å². The van der Waals surface area contributed by atoms with Crippen molar-refractivity contribution in [2.24, 2.45) is 0 Å². The van der Waals surface area contributed by atoms with E-state index < -0.39 is 35.1 Å². The maximum Gasteiger partial charge on any atom is 0.434 e. The summed E-state index contributed by atoms with van der Waals surface area (Å²) in [5.41, 5.74) is -3.04. The number of nitrogens with zero attached hydrogens (tertiary/aromatic N) is 2. The molecule has 7 nitrogen and oxygen atoms in total. The number of halogens is 3. The van der Waals surface area contributed by atoms with E-state index in [1.807, 2.05) is 0 Å². The molecule has 0 atom stereocenters. The van der Waals surface area contributed by atoms with E-state index in [1.54, 1.807) is 20.8 Å². The first-order valence-corrected chi connectivity index (χ1v) is 7.37. The average Bonchev–Trinajstić information content (AvgIpc) is 2.90. The molecule has 0 aliphatic carbocycles. The number of hydrogen-bond acceptors (Lipinski definition) is 4. The summed E-state index contributed by atoms with van der Waals surface area (Å²) in [6, 6.07) is 5.36. The van der Waals surface area contributed by atoms with Crippen LogP contribution in [0.4, 0.5) is 23.7 Å². The molecule has 10 heteroatoms. The lowest BCUT2D eigenvalue weighted by molar-refractivity contribution is -0.143. The molecule has 0 spiro atoms. The lowest BCUT2D eigenvalue weighted by Crippen LogP contribution is -2.27. The summed E-state index contributed by atoms with van der Waals surface area (Å²) in [6.45, 7) is 4.99. The van der Waals surface area contributed by atoms with Crippen LogP contribution in [0.1, 0.15) is 36.8 Å². The van der Waals surface area contributed by atoms with Crippen molar-refractivity contribution in [1.82, 2.24) is 9.78 Å². The number of carboxylic acids is 1. The predicted molar refractivity (Wildman–Crippen MR) is 85.4 cm³/mol. The molecular weight excluding hydrogens is 355 g/mol. The van der Waals surface area contributed by atoms with Crippen molar-refractivity contribution in [2.45, 2.75) is 32.5 Å². The van der Waals surface area contributed by atoms with Gasteiger partial charge in [-0.05, 0) is 39.0 Å². The normalized spacial score (nSPS) is 11.9. The molecule has 0 bridgehead atoms. The van der Waals surface area contributed by atoms with Gasteiger partial charge in [-0.1, -0.05) is 6.07 Å². The van der Waals surface area contributed by atoms with E-state index in [-0.39, 0.29) is 11.4 Å². The smallest absolute Gasteiger partial charge is 0.434 e. The second-order valence-electron chi connectivity index (χ2n) is 6.30. The average molecular weight is 371 g/mol. The molecule has 0 unspecified atom stereocenters. The fourth-order valence-corrected chi connectivity index (χ4v) is 2.11. The molecule has 0 saturated carbocycles. The van der Waals surface area contributed by atoms with Gasteiger partial charge < -0.3 is 9.84 Å². The zero-order chi connectivity index (χ0) is 19.7. The molecule has 2 rings (SSSR count). The molecule has 0 aliphatic rings. The molecule has 2 aromatic rings. The molecule has 0 aliphatic heterocycles. The topological polar surface area (TPSA) is 93.5 Å². The van der Waals surface area contributed by atoms with Crippen LogP contribution in [0.5, 0.6) is 0 Å². The van der Waals surface area contributed by atoms with Crippen LogP contribution >= 0.6 is 0 Å². The van der Waals surface area contributed by atoms with Crippen LogP contribution in [0, 0.1) is 0 Å². The minimum absolute atomic E-state index is 0.0709. The van der Waals surface area contributed by atoms with Gasteiger partial charge in [0, 0.05) is 5.69 Å². The van der Waals surface area contributed by atoms with Gasteiger partial charge in [-0.25, -0.2) is 14.3 Å². The highest BCUT2D eigenvalue weighted by atomic mass is 19.4. The Balaban J connectivity index is 2.40. The molecule has 1 aromatic heterocycles. The van der Waals surface area contributed by atoms with E-state index in [1.165, 1.54) is 24.3 Å². The van der Waals surface area contributed by atoms with Gasteiger partial charge in [0.25, 0.3) is 0 Å². The number of alkyl halides is 3. The van der Waals surface area contributed by atoms with Crippen molar-refractivity contribution in [1.29, 1.82) is 0 Å². The Morgan fingerprint density at radius 2 is 1.88 bits per heavy atom. The number of aromatic carboxylic acids is 1. The number of anilines is 1. The SMILES string of the molecule is CC(C)(C)OC(=O)Nc1cccc(-n2ncc(C(=O)O)c2C(F)(F)F)c1. The van der Waals surface area contributed by atoms with Crippen LogP contribution in [-0.4, -0.2) is 32.6 Å². The zero-order valence-electron chi connectivity index (χ0n) is 14.1. The number of carbonyl (C=O) groups excluding carboxylic acids is 1. The maximum absolute atomic E-state index is 13.3. The lowest BCUT2D eigenvalue weighted by Gasteiger charge is -2.20. The largest absolute Gasteiger partial charge is 0.478 e. The van der Waals surface area contributed by atoms with Crippen LogP contribution in [0.15, 0.2) is 30.5 Å². The zero-order valence-corrected chi connectivity index (χ0v) is 14.1. The van der Waals surface area contributed by atoms with Crippen LogP contribution in [0.25, 0.3) is 5.69 Å². The van der Waals surface area contributed by atoms with Gasteiger partial charge in [0.05, 0.1) is 11.9 Å². The molecule has 0 radical (unpaired) electrons. The summed E-state index contributed by atoms with van der Waals surface area (Å²) in [6.07, 6.45) is -5.09. The molecule has 2 N–H and O–H groups in total. The second kappa shape index (κ2) is 6.70. The van der Waals surface area contributed by atoms with Gasteiger partial charge in [-0.2, -0.15) is 18.3 Å². The Hall–Kier alpha value is -3.04. The summed E-state index contributed by atoms with van der Waals surface area (Å²) < 4.78 is 45.3.